The number of thioether (sulfide) groups is 1. The lowest BCUT2D eigenvalue weighted by Gasteiger charge is -2.16. The molecule has 0 spiro atoms. The molecule has 0 aromatic heterocycles. The SMILES string of the molecule is Cl.ClCC1=C(I)SC2=NC(Cc3ccccc3)CN21. The number of rotatable bonds is 3. The van der Waals surface area contributed by atoms with Crippen molar-refractivity contribution in [3.8, 4) is 0 Å². The zero-order valence-electron chi connectivity index (χ0n) is 10.1. The van der Waals surface area contributed by atoms with Crippen molar-refractivity contribution in [2.24, 2.45) is 4.99 Å². The molecule has 1 aromatic carbocycles. The zero-order chi connectivity index (χ0) is 12.5. The molecule has 2 aliphatic heterocycles. The molecule has 0 bridgehead atoms. The molecule has 102 valence electrons. The summed E-state index contributed by atoms with van der Waals surface area (Å²) in [5, 5.41) is 1.12. The Bertz CT molecular complexity index is 519. The number of aliphatic imine (C=N–C) groups is 1. The van der Waals surface area contributed by atoms with E-state index in [9.17, 15) is 0 Å². The maximum Gasteiger partial charge on any atom is 0.169 e. The first-order valence-electron chi connectivity index (χ1n) is 5.79. The minimum Gasteiger partial charge on any atom is -0.320 e. The number of nitrogens with zero attached hydrogens (tertiary/aromatic N) is 2. The van der Waals surface area contributed by atoms with Crippen LogP contribution in [0.1, 0.15) is 5.56 Å². The Kier molecular flexibility index (Phi) is 5.45. The first kappa shape index (κ1) is 15.5. The van der Waals surface area contributed by atoms with Crippen molar-refractivity contribution in [1.29, 1.82) is 0 Å². The van der Waals surface area contributed by atoms with Crippen molar-refractivity contribution in [1.82, 2.24) is 4.90 Å². The van der Waals surface area contributed by atoms with Crippen molar-refractivity contribution in [2.45, 2.75) is 12.5 Å². The van der Waals surface area contributed by atoms with E-state index in [1.807, 2.05) is 0 Å². The van der Waals surface area contributed by atoms with Gasteiger partial charge in [0.25, 0.3) is 0 Å². The number of hydrogen-bond donors (Lipinski definition) is 0. The highest BCUT2D eigenvalue weighted by molar-refractivity contribution is 14.1. The maximum atomic E-state index is 6.00. The molecular formula is C13H13Cl2IN2S. The third-order valence-electron chi connectivity index (χ3n) is 3.09. The fourth-order valence-corrected chi connectivity index (χ4v) is 4.84. The molecule has 2 nitrogen and oxygen atoms in total. The van der Waals surface area contributed by atoms with Crippen LogP contribution in [0, 0.1) is 0 Å². The highest BCUT2D eigenvalue weighted by Gasteiger charge is 2.34. The number of fused-ring (bicyclic) bond motifs is 1. The Labute approximate surface area is 142 Å². The monoisotopic (exact) mass is 426 g/mol. The third-order valence-corrected chi connectivity index (χ3v) is 5.55. The van der Waals surface area contributed by atoms with Gasteiger partial charge in [-0.05, 0) is 46.3 Å². The molecule has 3 rings (SSSR count). The topological polar surface area (TPSA) is 15.6 Å². The first-order valence-corrected chi connectivity index (χ1v) is 8.22. The van der Waals surface area contributed by atoms with E-state index in [0.717, 1.165) is 18.1 Å². The predicted octanol–water partition coefficient (Wildman–Crippen LogP) is 4.28. The van der Waals surface area contributed by atoms with Gasteiger partial charge in [-0.2, -0.15) is 0 Å². The molecule has 1 aromatic rings. The van der Waals surface area contributed by atoms with Gasteiger partial charge in [-0.15, -0.1) is 24.0 Å². The van der Waals surface area contributed by atoms with Gasteiger partial charge < -0.3 is 4.90 Å². The lowest BCUT2D eigenvalue weighted by Crippen LogP contribution is -2.25. The van der Waals surface area contributed by atoms with Gasteiger partial charge in [0.15, 0.2) is 5.17 Å². The third kappa shape index (κ3) is 3.23. The average molecular weight is 427 g/mol. The highest BCUT2D eigenvalue weighted by Crippen LogP contribution is 2.42. The molecule has 0 saturated carbocycles. The number of halogens is 3. The van der Waals surface area contributed by atoms with Gasteiger partial charge in [0, 0.05) is 6.54 Å². The largest absolute Gasteiger partial charge is 0.320 e. The fourth-order valence-electron chi connectivity index (χ4n) is 2.23. The first-order chi connectivity index (χ1) is 8.78. The van der Waals surface area contributed by atoms with Crippen molar-refractivity contribution in [2.75, 3.05) is 12.4 Å². The second kappa shape index (κ2) is 6.70. The summed E-state index contributed by atoms with van der Waals surface area (Å²) in [5.74, 6) is 0.572. The summed E-state index contributed by atoms with van der Waals surface area (Å²) >= 11 is 10.1. The van der Waals surface area contributed by atoms with Crippen molar-refractivity contribution in [3.63, 3.8) is 0 Å². The van der Waals surface area contributed by atoms with E-state index in [0.29, 0.717) is 11.9 Å². The Morgan fingerprint density at radius 3 is 2.79 bits per heavy atom. The van der Waals surface area contributed by atoms with Crippen LogP contribution in [0.15, 0.2) is 43.9 Å². The van der Waals surface area contributed by atoms with Gasteiger partial charge >= 0.3 is 0 Å². The van der Waals surface area contributed by atoms with Gasteiger partial charge in [0.2, 0.25) is 0 Å². The Balaban J connectivity index is 0.00000133. The van der Waals surface area contributed by atoms with E-state index in [4.69, 9.17) is 16.6 Å². The van der Waals surface area contributed by atoms with Crippen LogP contribution in [0.2, 0.25) is 0 Å². The Hall–Kier alpha value is 0.0900. The van der Waals surface area contributed by atoms with Gasteiger partial charge in [0.05, 0.1) is 20.5 Å². The number of amidine groups is 1. The molecule has 1 unspecified atom stereocenters. The van der Waals surface area contributed by atoms with Crippen molar-refractivity contribution < 1.29 is 0 Å². The normalized spacial score (nSPS) is 21.3. The van der Waals surface area contributed by atoms with E-state index in [1.165, 1.54) is 14.2 Å². The van der Waals surface area contributed by atoms with Crippen LogP contribution in [0.4, 0.5) is 0 Å². The molecule has 0 fully saturated rings. The quantitative estimate of drug-likeness (QED) is 0.529. The minimum atomic E-state index is 0. The molecule has 1 atom stereocenters. The molecule has 2 aliphatic rings. The van der Waals surface area contributed by atoms with Crippen molar-refractivity contribution in [3.05, 3.63) is 44.5 Å². The van der Waals surface area contributed by atoms with Gasteiger partial charge in [-0.3, -0.25) is 4.99 Å². The molecule has 6 heteroatoms. The second-order valence-corrected chi connectivity index (χ2v) is 7.38. The smallest absolute Gasteiger partial charge is 0.169 e. The summed E-state index contributed by atoms with van der Waals surface area (Å²) in [6, 6.07) is 10.9. The van der Waals surface area contributed by atoms with Crippen LogP contribution in [0.5, 0.6) is 0 Å². The van der Waals surface area contributed by atoms with Crippen LogP contribution in [-0.2, 0) is 6.42 Å². The number of allylic oxidation sites excluding steroid dienone is 1. The summed E-state index contributed by atoms with van der Waals surface area (Å²) in [7, 11) is 0. The summed E-state index contributed by atoms with van der Waals surface area (Å²) in [5.41, 5.74) is 2.57. The maximum absolute atomic E-state index is 6.00. The number of hydrogen-bond acceptors (Lipinski definition) is 3. The van der Waals surface area contributed by atoms with Crippen molar-refractivity contribution >= 4 is 63.5 Å². The standard InChI is InChI=1S/C13H12ClIN2S.ClH/c14-7-11-12(15)18-13-16-10(8-17(11)13)6-9-4-2-1-3-5-9;/h1-5,10H,6-8H2;1H. The van der Waals surface area contributed by atoms with Crippen LogP contribution in [-0.4, -0.2) is 28.5 Å². The lowest BCUT2D eigenvalue weighted by atomic mass is 10.1. The van der Waals surface area contributed by atoms with Crippen LogP contribution >= 0.6 is 58.4 Å². The molecule has 0 N–H and O–H groups in total. The van der Waals surface area contributed by atoms with E-state index in [2.05, 4.69) is 57.8 Å². The van der Waals surface area contributed by atoms with Crippen LogP contribution in [0.25, 0.3) is 0 Å². The van der Waals surface area contributed by atoms with Gasteiger partial charge in [-0.1, -0.05) is 30.3 Å². The van der Waals surface area contributed by atoms with E-state index in [1.54, 1.807) is 11.8 Å². The average Bonchev–Trinajstić information content (AvgIpc) is 2.86. The molecule has 0 aliphatic carbocycles. The lowest BCUT2D eigenvalue weighted by molar-refractivity contribution is 0.511. The van der Waals surface area contributed by atoms with Crippen LogP contribution in [0.3, 0.4) is 0 Å². The van der Waals surface area contributed by atoms with E-state index >= 15 is 0 Å². The number of benzene rings is 1. The molecular weight excluding hydrogens is 414 g/mol. The predicted molar refractivity (Wildman–Crippen MR) is 94.7 cm³/mol. The molecule has 0 radical (unpaired) electrons. The minimum absolute atomic E-state index is 0. The zero-order valence-corrected chi connectivity index (χ0v) is 14.6. The molecule has 0 saturated heterocycles. The van der Waals surface area contributed by atoms with Crippen LogP contribution < -0.4 is 0 Å². The van der Waals surface area contributed by atoms with E-state index < -0.39 is 0 Å². The molecule has 0 amide bonds. The Morgan fingerprint density at radius 2 is 2.11 bits per heavy atom. The van der Waals surface area contributed by atoms with Gasteiger partial charge in [0.1, 0.15) is 0 Å². The second-order valence-electron chi connectivity index (χ2n) is 4.32. The Morgan fingerprint density at radius 1 is 1.37 bits per heavy atom. The fraction of sp³-hybridized carbons (Fsp3) is 0.308. The summed E-state index contributed by atoms with van der Waals surface area (Å²) in [6.45, 7) is 0.964. The summed E-state index contributed by atoms with van der Waals surface area (Å²) in [4.78, 5) is 7.07. The van der Waals surface area contributed by atoms with Gasteiger partial charge in [-0.25, -0.2) is 0 Å². The molecule has 2 heterocycles. The summed E-state index contributed by atoms with van der Waals surface area (Å²) < 4.78 is 1.26. The number of alkyl halides is 1. The molecule has 19 heavy (non-hydrogen) atoms. The highest BCUT2D eigenvalue weighted by atomic mass is 127. The summed E-state index contributed by atoms with van der Waals surface area (Å²) in [6.07, 6.45) is 1.01. The van der Waals surface area contributed by atoms with E-state index in [-0.39, 0.29) is 12.4 Å².